The van der Waals surface area contributed by atoms with Crippen LogP contribution < -0.4 is 21.7 Å². The molecule has 0 saturated carbocycles. The van der Waals surface area contributed by atoms with Gasteiger partial charge in [-0.05, 0) is 61.3 Å². The highest BCUT2D eigenvalue weighted by Gasteiger charge is 2.29. The van der Waals surface area contributed by atoms with Crippen molar-refractivity contribution in [1.29, 1.82) is 0 Å². The summed E-state index contributed by atoms with van der Waals surface area (Å²) in [5.41, 5.74) is 9.58. The summed E-state index contributed by atoms with van der Waals surface area (Å²) in [6.07, 6.45) is -1.55. The molecule has 0 bridgehead atoms. The first-order valence-electron chi connectivity index (χ1n) is 15.3. The molecule has 15 heteroatoms. The molecule has 260 valence electrons. The van der Waals surface area contributed by atoms with Crippen molar-refractivity contribution in [2.75, 3.05) is 37.7 Å². The van der Waals surface area contributed by atoms with Crippen LogP contribution >= 0.6 is 11.6 Å². The third-order valence-corrected chi connectivity index (χ3v) is 8.65. The van der Waals surface area contributed by atoms with Crippen molar-refractivity contribution >= 4 is 51.7 Å². The monoisotopic (exact) mass is 709 g/mol. The Hall–Kier alpha value is -5.39. The Bertz CT molecular complexity index is 2060. The first-order chi connectivity index (χ1) is 23.7. The lowest BCUT2D eigenvalue weighted by Gasteiger charge is -2.30. The number of aryl methyl sites for hydroxylation is 1. The highest BCUT2D eigenvalue weighted by Crippen LogP contribution is 2.44. The maximum Gasteiger partial charge on any atom is 0.405 e. The van der Waals surface area contributed by atoms with E-state index < -0.39 is 30.4 Å². The zero-order chi connectivity index (χ0) is 36.3. The van der Waals surface area contributed by atoms with Crippen LogP contribution in [0.4, 0.5) is 29.1 Å². The number of amides is 3. The summed E-state index contributed by atoms with van der Waals surface area (Å²) >= 11 is 6.48. The Morgan fingerprint density at radius 2 is 1.80 bits per heavy atom. The molecule has 0 radical (unpaired) electrons. The van der Waals surface area contributed by atoms with Crippen LogP contribution in [0, 0.1) is 11.8 Å². The largest absolute Gasteiger partial charge is 0.405 e. The lowest BCUT2D eigenvalue weighted by atomic mass is 9.96. The van der Waals surface area contributed by atoms with E-state index >= 15 is 0 Å². The average molecular weight is 710 g/mol. The van der Waals surface area contributed by atoms with E-state index in [-0.39, 0.29) is 28.4 Å². The number of anilines is 2. The quantitative estimate of drug-likeness (QED) is 0.115. The minimum absolute atomic E-state index is 0.0508. The number of piperidine rings is 1. The van der Waals surface area contributed by atoms with Crippen molar-refractivity contribution in [3.63, 3.8) is 0 Å². The lowest BCUT2D eigenvalue weighted by molar-refractivity contribution is -0.126. The summed E-state index contributed by atoms with van der Waals surface area (Å²) < 4.78 is 53.4. The van der Waals surface area contributed by atoms with Crippen LogP contribution in [-0.2, 0) is 16.6 Å². The molecule has 0 aliphatic carbocycles. The van der Waals surface area contributed by atoms with Crippen molar-refractivity contribution < 1.29 is 31.9 Å². The molecule has 0 atom stereocenters. The zero-order valence-corrected chi connectivity index (χ0v) is 27.7. The number of halogens is 5. The second-order valence-corrected chi connectivity index (χ2v) is 12.0. The topological polar surface area (TPSA) is 134 Å². The summed E-state index contributed by atoms with van der Waals surface area (Å²) in [5, 5.41) is 7.79. The SMILES string of the molecule is C=C(F)C(=O)Nc1ccc(-c2c(-c3ccc(C(=O)NCC(F)(F)F)c(Cl)c3)c3c(N)ncc(C#CC(=O)N(C)C4CCNCC4)c3n2C)cc1. The predicted molar refractivity (Wildman–Crippen MR) is 184 cm³/mol. The van der Waals surface area contributed by atoms with E-state index in [0.29, 0.717) is 44.5 Å². The Morgan fingerprint density at radius 3 is 2.42 bits per heavy atom. The summed E-state index contributed by atoms with van der Waals surface area (Å²) in [5.74, 6) is 2.26. The van der Waals surface area contributed by atoms with Crippen LogP contribution in [0.5, 0.6) is 0 Å². The molecule has 5 N–H and O–H groups in total. The van der Waals surface area contributed by atoms with Gasteiger partial charge in [-0.1, -0.05) is 42.3 Å². The van der Waals surface area contributed by atoms with Gasteiger partial charge in [-0.15, -0.1) is 0 Å². The van der Waals surface area contributed by atoms with Gasteiger partial charge in [-0.2, -0.15) is 13.2 Å². The fraction of sp³-hybridized carbons (Fsp3) is 0.257. The first kappa shape index (κ1) is 35.9. The maximum atomic E-state index is 13.3. The van der Waals surface area contributed by atoms with E-state index in [1.165, 1.54) is 24.4 Å². The zero-order valence-electron chi connectivity index (χ0n) is 27.0. The Morgan fingerprint density at radius 1 is 1.14 bits per heavy atom. The van der Waals surface area contributed by atoms with Crippen molar-refractivity contribution in [1.82, 2.24) is 25.1 Å². The fourth-order valence-corrected chi connectivity index (χ4v) is 6.10. The van der Waals surface area contributed by atoms with E-state index in [1.54, 1.807) is 47.8 Å². The molecule has 2 aromatic heterocycles. The first-order valence-corrected chi connectivity index (χ1v) is 15.7. The third-order valence-electron chi connectivity index (χ3n) is 8.33. The van der Waals surface area contributed by atoms with Gasteiger partial charge in [-0.25, -0.2) is 9.37 Å². The second-order valence-electron chi connectivity index (χ2n) is 11.6. The number of aromatic nitrogens is 2. The predicted octanol–water partition coefficient (Wildman–Crippen LogP) is 5.42. The molecule has 5 rings (SSSR count). The molecule has 10 nitrogen and oxygen atoms in total. The van der Waals surface area contributed by atoms with Gasteiger partial charge in [-0.3, -0.25) is 14.4 Å². The molecular weight excluding hydrogens is 678 g/mol. The molecule has 1 fully saturated rings. The van der Waals surface area contributed by atoms with Crippen LogP contribution in [0.3, 0.4) is 0 Å². The van der Waals surface area contributed by atoms with Crippen molar-refractivity contribution in [2.24, 2.45) is 7.05 Å². The smallest absolute Gasteiger partial charge is 0.383 e. The van der Waals surface area contributed by atoms with Crippen LogP contribution in [0.2, 0.25) is 5.02 Å². The number of carbonyl (C=O) groups excluding carboxylic acids is 3. The summed E-state index contributed by atoms with van der Waals surface area (Å²) in [6.45, 7) is 3.06. The van der Waals surface area contributed by atoms with E-state index in [9.17, 15) is 31.9 Å². The molecule has 3 heterocycles. The number of nitrogens with two attached hydrogens (primary N) is 1. The molecule has 1 aliphatic rings. The number of pyridine rings is 1. The Balaban J connectivity index is 1.65. The van der Waals surface area contributed by atoms with Crippen molar-refractivity contribution in [3.8, 4) is 34.2 Å². The van der Waals surface area contributed by atoms with Gasteiger partial charge in [0.2, 0.25) is 0 Å². The minimum atomic E-state index is -4.61. The number of carbonyl (C=O) groups is 3. The third kappa shape index (κ3) is 7.74. The molecule has 2 aromatic carbocycles. The number of alkyl halides is 3. The van der Waals surface area contributed by atoms with Crippen LogP contribution in [0.1, 0.15) is 28.8 Å². The van der Waals surface area contributed by atoms with E-state index in [2.05, 4.69) is 34.0 Å². The summed E-state index contributed by atoms with van der Waals surface area (Å²) in [7, 11) is 3.47. The normalized spacial score (nSPS) is 13.3. The van der Waals surface area contributed by atoms with Crippen LogP contribution in [-0.4, -0.2) is 71.1 Å². The maximum absolute atomic E-state index is 13.3. The van der Waals surface area contributed by atoms with Gasteiger partial charge in [0, 0.05) is 43.5 Å². The van der Waals surface area contributed by atoms with Gasteiger partial charge >= 0.3 is 6.18 Å². The number of benzene rings is 2. The minimum Gasteiger partial charge on any atom is -0.383 e. The van der Waals surface area contributed by atoms with Gasteiger partial charge in [0.15, 0.2) is 5.83 Å². The average Bonchev–Trinajstić information content (AvgIpc) is 3.40. The van der Waals surface area contributed by atoms with Gasteiger partial charge in [0.25, 0.3) is 17.7 Å². The lowest BCUT2D eigenvalue weighted by Crippen LogP contribution is -2.43. The van der Waals surface area contributed by atoms with Gasteiger partial charge in [0.1, 0.15) is 12.4 Å². The summed E-state index contributed by atoms with van der Waals surface area (Å²) in [4.78, 5) is 43.5. The highest BCUT2D eigenvalue weighted by atomic mass is 35.5. The second kappa shape index (κ2) is 14.6. The van der Waals surface area contributed by atoms with Crippen molar-refractivity contribution in [2.45, 2.75) is 25.1 Å². The fourth-order valence-electron chi connectivity index (χ4n) is 5.83. The van der Waals surface area contributed by atoms with E-state index in [0.717, 1.165) is 25.9 Å². The number of hydrogen-bond donors (Lipinski definition) is 4. The number of nitrogen functional groups attached to an aromatic ring is 1. The molecule has 0 spiro atoms. The molecule has 1 saturated heterocycles. The molecular formula is C35H32ClF4N7O3. The number of nitrogens with zero attached hydrogens (tertiary/aromatic N) is 3. The molecule has 0 unspecified atom stereocenters. The van der Waals surface area contributed by atoms with Gasteiger partial charge in [0.05, 0.1) is 32.7 Å². The number of hydrogen-bond acceptors (Lipinski definition) is 6. The van der Waals surface area contributed by atoms with Crippen LogP contribution in [0.15, 0.2) is 61.1 Å². The number of rotatable bonds is 7. The van der Waals surface area contributed by atoms with E-state index in [1.807, 2.05) is 5.32 Å². The highest BCUT2D eigenvalue weighted by molar-refractivity contribution is 6.34. The Kier molecular flexibility index (Phi) is 10.5. The molecule has 3 amide bonds. The molecule has 1 aliphatic heterocycles. The number of fused-ring (bicyclic) bond motifs is 1. The van der Waals surface area contributed by atoms with Gasteiger partial charge < -0.3 is 31.2 Å². The standard InChI is InChI=1S/C35H32ClF4N7O3/c1-19(37)33(49)45-23-8-4-20(5-9-23)30-28(21-6-10-25(26(36)16-21)34(50)44-18-35(38,39)40)29-31(47(30)3)22(17-43-32(29)41)7-11-27(48)46(2)24-12-14-42-15-13-24/h4-6,8-10,16-17,24,42H,1,12-15,18H2,2-3H3,(H2,41,43)(H,44,50)(H,45,49). The van der Waals surface area contributed by atoms with E-state index in [4.69, 9.17) is 17.3 Å². The number of nitrogens with one attached hydrogen (secondary N) is 3. The van der Waals surface area contributed by atoms with Crippen LogP contribution in [0.25, 0.3) is 33.3 Å². The molecule has 50 heavy (non-hydrogen) atoms. The van der Waals surface area contributed by atoms with Crippen molar-refractivity contribution in [3.05, 3.63) is 77.2 Å². The molecule has 4 aromatic rings. The Labute approximate surface area is 289 Å². The summed E-state index contributed by atoms with van der Waals surface area (Å²) in [6, 6.07) is 10.7.